The molecule has 0 aromatic heterocycles. The van der Waals surface area contributed by atoms with Crippen molar-refractivity contribution in [2.75, 3.05) is 59.7 Å². The molecule has 0 aromatic rings. The van der Waals surface area contributed by atoms with Gasteiger partial charge in [0.05, 0.1) is 19.8 Å². The molecule has 1 saturated heterocycles. The minimum atomic E-state index is 0.122. The number of nitrogens with one attached hydrogen (secondary N) is 1. The van der Waals surface area contributed by atoms with E-state index >= 15 is 0 Å². The molecule has 1 atom stereocenters. The van der Waals surface area contributed by atoms with E-state index < -0.39 is 0 Å². The molecule has 0 saturated carbocycles. The van der Waals surface area contributed by atoms with Gasteiger partial charge in [0.15, 0.2) is 0 Å². The molecule has 3 N–H and O–H groups in total. The van der Waals surface area contributed by atoms with Gasteiger partial charge in [-0.2, -0.15) is 0 Å². The van der Waals surface area contributed by atoms with Gasteiger partial charge < -0.3 is 20.3 Å². The van der Waals surface area contributed by atoms with Crippen LogP contribution in [0.5, 0.6) is 0 Å². The Kier molecular flexibility index (Phi) is 6.99. The van der Waals surface area contributed by atoms with Crippen LogP contribution in [0.1, 0.15) is 12.8 Å². The quantitative estimate of drug-likeness (QED) is 0.528. The number of rotatable bonds is 8. The molecule has 1 aliphatic rings. The fourth-order valence-electron chi connectivity index (χ4n) is 2.63. The number of aliphatic hydroxyl groups excluding tert-OH is 2. The highest BCUT2D eigenvalue weighted by Gasteiger charge is 2.33. The average Bonchev–Trinajstić information content (AvgIpc) is 2.31. The Morgan fingerprint density at radius 1 is 1.29 bits per heavy atom. The van der Waals surface area contributed by atoms with Crippen LogP contribution in [-0.2, 0) is 4.74 Å². The molecule has 0 aliphatic carbocycles. The lowest BCUT2D eigenvalue weighted by molar-refractivity contribution is -0.0290. The second kappa shape index (κ2) is 8.00. The van der Waals surface area contributed by atoms with E-state index in [0.717, 1.165) is 39.1 Å². The van der Waals surface area contributed by atoms with Crippen LogP contribution in [0.2, 0.25) is 0 Å². The summed E-state index contributed by atoms with van der Waals surface area (Å²) in [5, 5.41) is 21.3. The van der Waals surface area contributed by atoms with Crippen LogP contribution in [0.15, 0.2) is 0 Å². The van der Waals surface area contributed by atoms with Crippen LogP contribution >= 0.6 is 0 Å². The SMILES string of the molecule is CNCC1(CN(CCO)CCO)CCCOC1. The Labute approximate surface area is 104 Å². The van der Waals surface area contributed by atoms with Crippen LogP contribution in [-0.4, -0.2) is 74.8 Å². The first-order valence-electron chi connectivity index (χ1n) is 6.43. The Hall–Kier alpha value is -0.200. The van der Waals surface area contributed by atoms with E-state index in [4.69, 9.17) is 14.9 Å². The first-order chi connectivity index (χ1) is 8.26. The van der Waals surface area contributed by atoms with Crippen LogP contribution in [0.3, 0.4) is 0 Å². The molecule has 5 heteroatoms. The highest BCUT2D eigenvalue weighted by atomic mass is 16.5. The van der Waals surface area contributed by atoms with Crippen molar-refractivity contribution in [2.45, 2.75) is 12.8 Å². The maximum atomic E-state index is 9.04. The first-order valence-corrected chi connectivity index (χ1v) is 6.43. The van der Waals surface area contributed by atoms with E-state index in [1.165, 1.54) is 0 Å². The van der Waals surface area contributed by atoms with Crippen LogP contribution in [0, 0.1) is 5.41 Å². The minimum Gasteiger partial charge on any atom is -0.395 e. The molecule has 1 fully saturated rings. The fraction of sp³-hybridized carbons (Fsp3) is 1.00. The average molecular weight is 246 g/mol. The molecule has 0 bridgehead atoms. The highest BCUT2D eigenvalue weighted by molar-refractivity contribution is 4.87. The standard InChI is InChI=1S/C12H26N2O3/c1-13-9-12(3-2-8-17-11-12)10-14(4-6-15)5-7-16/h13,15-16H,2-11H2,1H3. The molecule has 1 aliphatic heterocycles. The van der Waals surface area contributed by atoms with Crippen molar-refractivity contribution in [3.05, 3.63) is 0 Å². The van der Waals surface area contributed by atoms with Crippen LogP contribution in [0.4, 0.5) is 0 Å². The monoisotopic (exact) mass is 246 g/mol. The summed E-state index contributed by atoms with van der Waals surface area (Å²) < 4.78 is 5.60. The minimum absolute atomic E-state index is 0.122. The largest absolute Gasteiger partial charge is 0.395 e. The summed E-state index contributed by atoms with van der Waals surface area (Å²) in [5.74, 6) is 0. The Morgan fingerprint density at radius 2 is 2.00 bits per heavy atom. The topological polar surface area (TPSA) is 65.0 Å². The van der Waals surface area contributed by atoms with E-state index in [9.17, 15) is 0 Å². The van der Waals surface area contributed by atoms with Gasteiger partial charge in [0.1, 0.15) is 0 Å². The normalized spacial score (nSPS) is 25.4. The molecule has 102 valence electrons. The second-order valence-corrected chi connectivity index (χ2v) is 4.91. The third-order valence-corrected chi connectivity index (χ3v) is 3.35. The summed E-state index contributed by atoms with van der Waals surface area (Å²) in [6.07, 6.45) is 2.23. The molecule has 1 heterocycles. The van der Waals surface area contributed by atoms with Gasteiger partial charge in [-0.3, -0.25) is 4.90 Å². The van der Waals surface area contributed by atoms with Crippen molar-refractivity contribution < 1.29 is 14.9 Å². The Bertz CT molecular complexity index is 185. The van der Waals surface area contributed by atoms with E-state index in [-0.39, 0.29) is 18.6 Å². The van der Waals surface area contributed by atoms with Gasteiger partial charge >= 0.3 is 0 Å². The van der Waals surface area contributed by atoms with Crippen molar-refractivity contribution in [1.29, 1.82) is 0 Å². The van der Waals surface area contributed by atoms with Crippen LogP contribution < -0.4 is 5.32 Å². The Balaban J connectivity index is 2.55. The summed E-state index contributed by atoms with van der Waals surface area (Å²) in [4.78, 5) is 2.12. The molecule has 5 nitrogen and oxygen atoms in total. The maximum Gasteiger partial charge on any atom is 0.0558 e. The predicted octanol–water partition coefficient (Wildman–Crippen LogP) is -0.711. The number of aliphatic hydroxyl groups is 2. The van der Waals surface area contributed by atoms with Gasteiger partial charge in [0.2, 0.25) is 0 Å². The zero-order valence-electron chi connectivity index (χ0n) is 10.8. The molecule has 0 spiro atoms. The molecule has 0 radical (unpaired) electrons. The van der Waals surface area contributed by atoms with Gasteiger partial charge in [-0.1, -0.05) is 0 Å². The molecule has 1 unspecified atom stereocenters. The van der Waals surface area contributed by atoms with Crippen molar-refractivity contribution in [2.24, 2.45) is 5.41 Å². The predicted molar refractivity (Wildman–Crippen MR) is 67.0 cm³/mol. The third-order valence-electron chi connectivity index (χ3n) is 3.35. The molecule has 1 rings (SSSR count). The van der Waals surface area contributed by atoms with Crippen molar-refractivity contribution in [3.63, 3.8) is 0 Å². The number of nitrogens with zero attached hydrogens (tertiary/aromatic N) is 1. The first kappa shape index (κ1) is 14.9. The third kappa shape index (κ3) is 4.89. The molecular weight excluding hydrogens is 220 g/mol. The molecule has 0 aromatic carbocycles. The lowest BCUT2D eigenvalue weighted by atomic mass is 9.81. The summed E-state index contributed by atoms with van der Waals surface area (Å²) >= 11 is 0. The van der Waals surface area contributed by atoms with E-state index in [1.807, 2.05) is 7.05 Å². The lowest BCUT2D eigenvalue weighted by Crippen LogP contribution is -2.49. The second-order valence-electron chi connectivity index (χ2n) is 4.91. The summed E-state index contributed by atoms with van der Waals surface area (Å²) in [6.45, 7) is 4.91. The smallest absolute Gasteiger partial charge is 0.0558 e. The van der Waals surface area contributed by atoms with E-state index in [1.54, 1.807) is 0 Å². The fourth-order valence-corrected chi connectivity index (χ4v) is 2.63. The molecule has 17 heavy (non-hydrogen) atoms. The number of hydrogen-bond acceptors (Lipinski definition) is 5. The van der Waals surface area contributed by atoms with Gasteiger partial charge in [-0.15, -0.1) is 0 Å². The van der Waals surface area contributed by atoms with E-state index in [2.05, 4.69) is 10.2 Å². The number of ether oxygens (including phenoxy) is 1. The highest BCUT2D eigenvalue weighted by Crippen LogP contribution is 2.29. The van der Waals surface area contributed by atoms with Crippen molar-refractivity contribution in [1.82, 2.24) is 10.2 Å². The zero-order chi connectivity index (χ0) is 12.6. The van der Waals surface area contributed by atoms with Gasteiger partial charge in [-0.05, 0) is 19.9 Å². The van der Waals surface area contributed by atoms with Gasteiger partial charge in [-0.25, -0.2) is 0 Å². The summed E-state index contributed by atoms with van der Waals surface area (Å²) in [5.41, 5.74) is 0.122. The van der Waals surface area contributed by atoms with Gasteiger partial charge in [0.25, 0.3) is 0 Å². The maximum absolute atomic E-state index is 9.04. The molecule has 0 amide bonds. The van der Waals surface area contributed by atoms with E-state index in [0.29, 0.717) is 13.1 Å². The summed E-state index contributed by atoms with van der Waals surface area (Å²) in [7, 11) is 1.96. The van der Waals surface area contributed by atoms with Gasteiger partial charge in [0, 0.05) is 38.2 Å². The lowest BCUT2D eigenvalue weighted by Gasteiger charge is -2.40. The summed E-state index contributed by atoms with van der Waals surface area (Å²) in [6, 6.07) is 0. The molecular formula is C12H26N2O3. The number of hydrogen-bond donors (Lipinski definition) is 3. The van der Waals surface area contributed by atoms with Crippen molar-refractivity contribution >= 4 is 0 Å². The zero-order valence-corrected chi connectivity index (χ0v) is 10.8. The Morgan fingerprint density at radius 3 is 2.47 bits per heavy atom. The van der Waals surface area contributed by atoms with Crippen LogP contribution in [0.25, 0.3) is 0 Å². The van der Waals surface area contributed by atoms with Crippen molar-refractivity contribution in [3.8, 4) is 0 Å².